The summed E-state index contributed by atoms with van der Waals surface area (Å²) in [5.74, 6) is 0.0241. The fourth-order valence-corrected chi connectivity index (χ4v) is 1.69. The largest absolute Gasteiger partial charge is 0.292 e. The number of benzene rings is 1. The van der Waals surface area contributed by atoms with Crippen molar-refractivity contribution >= 4 is 17.4 Å². The number of nitrogens with zero attached hydrogens (tertiary/aromatic N) is 1. The normalized spacial score (nSPS) is 10.2. The number of hydrogen-bond acceptors (Lipinski definition) is 2. The second-order valence-electron chi connectivity index (χ2n) is 3.94. The first-order valence-corrected chi connectivity index (χ1v) is 5.73. The van der Waals surface area contributed by atoms with Crippen LogP contribution in [0.15, 0.2) is 42.6 Å². The van der Waals surface area contributed by atoms with Crippen LogP contribution < -0.4 is 0 Å². The van der Waals surface area contributed by atoms with E-state index in [2.05, 4.69) is 4.98 Å². The lowest BCUT2D eigenvalue weighted by atomic mass is 10.1. The van der Waals surface area contributed by atoms with Crippen LogP contribution in [0.2, 0.25) is 5.02 Å². The van der Waals surface area contributed by atoms with Crippen molar-refractivity contribution in [2.24, 2.45) is 0 Å². The van der Waals surface area contributed by atoms with Crippen molar-refractivity contribution in [2.75, 3.05) is 0 Å². The topological polar surface area (TPSA) is 30.0 Å². The van der Waals surface area contributed by atoms with Crippen molar-refractivity contribution in [1.82, 2.24) is 4.98 Å². The van der Waals surface area contributed by atoms with Gasteiger partial charge in [0.15, 0.2) is 5.78 Å². The molecule has 3 heteroatoms. The van der Waals surface area contributed by atoms with E-state index in [1.165, 1.54) is 0 Å². The van der Waals surface area contributed by atoms with Gasteiger partial charge in [0.2, 0.25) is 0 Å². The van der Waals surface area contributed by atoms with E-state index in [-0.39, 0.29) is 5.78 Å². The molecule has 0 radical (unpaired) electrons. The summed E-state index contributed by atoms with van der Waals surface area (Å²) in [6.45, 7) is 1.95. The Morgan fingerprint density at radius 2 is 1.94 bits per heavy atom. The van der Waals surface area contributed by atoms with E-state index >= 15 is 0 Å². The Labute approximate surface area is 105 Å². The average molecular weight is 246 g/mol. The average Bonchev–Trinajstić information content (AvgIpc) is 2.32. The van der Waals surface area contributed by atoms with E-state index < -0.39 is 0 Å². The minimum Gasteiger partial charge on any atom is -0.292 e. The zero-order chi connectivity index (χ0) is 12.3. The predicted molar refractivity (Wildman–Crippen MR) is 68.5 cm³/mol. The number of ketones is 1. The van der Waals surface area contributed by atoms with Crippen LogP contribution in [0.1, 0.15) is 21.6 Å². The van der Waals surface area contributed by atoms with Gasteiger partial charge in [-0.05, 0) is 42.3 Å². The first kappa shape index (κ1) is 11.8. The lowest BCUT2D eigenvalue weighted by Gasteiger charge is -2.02. The zero-order valence-electron chi connectivity index (χ0n) is 9.48. The van der Waals surface area contributed by atoms with Crippen molar-refractivity contribution in [3.63, 3.8) is 0 Å². The third-order valence-corrected chi connectivity index (χ3v) is 2.73. The first-order chi connectivity index (χ1) is 8.15. The number of aromatic nitrogens is 1. The highest BCUT2D eigenvalue weighted by Crippen LogP contribution is 2.12. The molecule has 2 aromatic rings. The summed E-state index contributed by atoms with van der Waals surface area (Å²) < 4.78 is 0. The second kappa shape index (κ2) is 5.11. The van der Waals surface area contributed by atoms with Gasteiger partial charge in [-0.2, -0.15) is 0 Å². The third kappa shape index (κ3) is 3.14. The molecule has 0 bridgehead atoms. The van der Waals surface area contributed by atoms with Crippen molar-refractivity contribution in [3.8, 4) is 0 Å². The Bertz CT molecular complexity index is 534. The van der Waals surface area contributed by atoms with E-state index in [1.54, 1.807) is 24.4 Å². The molecule has 0 aliphatic rings. The maximum absolute atomic E-state index is 12.0. The molecule has 0 saturated carbocycles. The van der Waals surface area contributed by atoms with Crippen LogP contribution in [0, 0.1) is 6.92 Å². The van der Waals surface area contributed by atoms with Gasteiger partial charge in [-0.3, -0.25) is 9.78 Å². The monoisotopic (exact) mass is 245 g/mol. The second-order valence-corrected chi connectivity index (χ2v) is 4.38. The molecule has 2 nitrogen and oxygen atoms in total. The van der Waals surface area contributed by atoms with Gasteiger partial charge in [-0.25, -0.2) is 0 Å². The van der Waals surface area contributed by atoms with E-state index in [0.717, 1.165) is 11.1 Å². The molecule has 1 aromatic heterocycles. The summed E-state index contributed by atoms with van der Waals surface area (Å²) in [4.78, 5) is 16.0. The molecule has 0 aliphatic heterocycles. The Balaban J connectivity index is 2.14. The van der Waals surface area contributed by atoms with Gasteiger partial charge < -0.3 is 0 Å². The number of carbonyl (C=O) groups is 1. The van der Waals surface area contributed by atoms with Gasteiger partial charge in [0.05, 0.1) is 0 Å². The fourth-order valence-electron chi connectivity index (χ4n) is 1.57. The van der Waals surface area contributed by atoms with Gasteiger partial charge >= 0.3 is 0 Å². The zero-order valence-corrected chi connectivity index (χ0v) is 10.2. The Morgan fingerprint density at radius 3 is 2.59 bits per heavy atom. The SMILES string of the molecule is Cc1ccnc(C(=O)Cc2ccc(Cl)cc2)c1. The van der Waals surface area contributed by atoms with E-state index in [9.17, 15) is 4.79 Å². The van der Waals surface area contributed by atoms with Gasteiger partial charge in [-0.1, -0.05) is 23.7 Å². The predicted octanol–water partition coefficient (Wildman–Crippen LogP) is 3.47. The molecular formula is C14H12ClNO. The van der Waals surface area contributed by atoms with Gasteiger partial charge in [0.1, 0.15) is 5.69 Å². The third-order valence-electron chi connectivity index (χ3n) is 2.48. The highest BCUT2D eigenvalue weighted by molar-refractivity contribution is 6.30. The molecule has 0 atom stereocenters. The highest BCUT2D eigenvalue weighted by Gasteiger charge is 2.08. The molecule has 0 fully saturated rings. The molecule has 0 spiro atoms. The molecule has 86 valence electrons. The molecule has 0 unspecified atom stereocenters. The summed E-state index contributed by atoms with van der Waals surface area (Å²) in [5, 5.41) is 0.676. The molecule has 1 heterocycles. The van der Waals surface area contributed by atoms with Crippen LogP contribution in [0.25, 0.3) is 0 Å². The van der Waals surface area contributed by atoms with Gasteiger partial charge in [0.25, 0.3) is 0 Å². The maximum atomic E-state index is 12.0. The summed E-state index contributed by atoms with van der Waals surface area (Å²) in [7, 11) is 0. The number of aryl methyl sites for hydroxylation is 1. The summed E-state index contributed by atoms with van der Waals surface area (Å²) in [5.41, 5.74) is 2.50. The van der Waals surface area contributed by atoms with Crippen LogP contribution in [-0.2, 0) is 6.42 Å². The number of rotatable bonds is 3. The summed E-state index contributed by atoms with van der Waals surface area (Å²) >= 11 is 5.79. The Morgan fingerprint density at radius 1 is 1.24 bits per heavy atom. The molecular weight excluding hydrogens is 234 g/mol. The molecule has 1 aromatic carbocycles. The Kier molecular flexibility index (Phi) is 3.55. The van der Waals surface area contributed by atoms with Crippen LogP contribution in [-0.4, -0.2) is 10.8 Å². The van der Waals surface area contributed by atoms with E-state index in [0.29, 0.717) is 17.1 Å². The summed E-state index contributed by atoms with van der Waals surface area (Å²) in [6.07, 6.45) is 2.01. The van der Waals surface area contributed by atoms with E-state index in [4.69, 9.17) is 11.6 Å². The van der Waals surface area contributed by atoms with Crippen molar-refractivity contribution in [2.45, 2.75) is 13.3 Å². The van der Waals surface area contributed by atoms with Crippen molar-refractivity contribution < 1.29 is 4.79 Å². The minimum atomic E-state index is 0.0241. The van der Waals surface area contributed by atoms with Crippen LogP contribution in [0.5, 0.6) is 0 Å². The molecule has 0 N–H and O–H groups in total. The molecule has 0 saturated heterocycles. The summed E-state index contributed by atoms with van der Waals surface area (Å²) in [6, 6.07) is 11.0. The quantitative estimate of drug-likeness (QED) is 0.775. The standard InChI is InChI=1S/C14H12ClNO/c1-10-6-7-16-13(8-10)14(17)9-11-2-4-12(15)5-3-11/h2-8H,9H2,1H3. The first-order valence-electron chi connectivity index (χ1n) is 5.35. The number of hydrogen-bond donors (Lipinski definition) is 0. The fraction of sp³-hybridized carbons (Fsp3) is 0.143. The van der Waals surface area contributed by atoms with Crippen LogP contribution in [0.3, 0.4) is 0 Å². The number of carbonyl (C=O) groups excluding carboxylic acids is 1. The minimum absolute atomic E-state index is 0.0241. The number of pyridine rings is 1. The number of Topliss-reactive ketones (excluding diaryl/α,β-unsaturated/α-hetero) is 1. The molecule has 0 amide bonds. The molecule has 2 rings (SSSR count). The lowest BCUT2D eigenvalue weighted by molar-refractivity contribution is 0.0988. The highest BCUT2D eigenvalue weighted by atomic mass is 35.5. The number of halogens is 1. The molecule has 0 aliphatic carbocycles. The maximum Gasteiger partial charge on any atom is 0.185 e. The van der Waals surface area contributed by atoms with Crippen LogP contribution in [0.4, 0.5) is 0 Å². The smallest absolute Gasteiger partial charge is 0.185 e. The van der Waals surface area contributed by atoms with Gasteiger partial charge in [-0.15, -0.1) is 0 Å². The van der Waals surface area contributed by atoms with Crippen molar-refractivity contribution in [1.29, 1.82) is 0 Å². The van der Waals surface area contributed by atoms with Crippen molar-refractivity contribution in [3.05, 3.63) is 64.4 Å². The Hall–Kier alpha value is -1.67. The van der Waals surface area contributed by atoms with Crippen LogP contribution >= 0.6 is 11.6 Å². The lowest BCUT2D eigenvalue weighted by Crippen LogP contribution is -2.05. The molecule has 17 heavy (non-hydrogen) atoms. The van der Waals surface area contributed by atoms with E-state index in [1.807, 2.05) is 25.1 Å². The van der Waals surface area contributed by atoms with Gasteiger partial charge in [0, 0.05) is 17.6 Å².